The summed E-state index contributed by atoms with van der Waals surface area (Å²) in [6.07, 6.45) is 0. The molecule has 0 aromatic carbocycles. The minimum absolute atomic E-state index is 0.0536. The van der Waals surface area contributed by atoms with Gasteiger partial charge in [0.25, 0.3) is 0 Å². The molecule has 0 atom stereocenters. The molecule has 0 unspecified atom stereocenters. The molecule has 0 rings (SSSR count). The summed E-state index contributed by atoms with van der Waals surface area (Å²) in [4.78, 5) is 61.3. The molecule has 0 saturated heterocycles. The molecule has 4 N–H and O–H groups in total. The Balaban J connectivity index is 4.96. The van der Waals surface area contributed by atoms with Gasteiger partial charge in [-0.1, -0.05) is 0 Å². The lowest BCUT2D eigenvalue weighted by Crippen LogP contribution is -2.47. The Bertz CT molecular complexity index is 604. The molecule has 14 heteroatoms. The quantitative estimate of drug-likeness (QED) is 0.111. The number of nitrogens with one attached hydrogen (secondary N) is 1. The van der Waals surface area contributed by atoms with Crippen LogP contribution in [0, 0.1) is 0 Å². The third-order valence-corrected chi connectivity index (χ3v) is 4.50. The molecule has 0 aliphatic rings. The smallest absolute Gasteiger partial charge is 0.317 e. The molecule has 35 heavy (non-hydrogen) atoms. The van der Waals surface area contributed by atoms with E-state index in [-0.39, 0.29) is 70.7 Å². The van der Waals surface area contributed by atoms with Crippen LogP contribution >= 0.6 is 0 Å². The van der Waals surface area contributed by atoms with Gasteiger partial charge in [-0.2, -0.15) is 0 Å². The highest BCUT2D eigenvalue weighted by molar-refractivity contribution is 5.79. The molecule has 0 saturated carbocycles. The average Bonchev–Trinajstić information content (AvgIpc) is 2.73. The van der Waals surface area contributed by atoms with Crippen LogP contribution in [0.15, 0.2) is 0 Å². The third-order valence-electron chi connectivity index (χ3n) is 4.50. The van der Waals surface area contributed by atoms with Crippen molar-refractivity contribution in [3.05, 3.63) is 0 Å². The second kappa shape index (κ2) is 19.6. The lowest BCUT2D eigenvalue weighted by Gasteiger charge is -2.28. The van der Waals surface area contributed by atoms with Gasteiger partial charge in [0.1, 0.15) is 5.78 Å². The molecule has 0 radical (unpaired) electrons. The van der Waals surface area contributed by atoms with Crippen LogP contribution in [0.3, 0.4) is 0 Å². The van der Waals surface area contributed by atoms with Crippen molar-refractivity contribution >= 4 is 29.6 Å². The number of carboxylic acid groups (broad SMARTS) is 3. The van der Waals surface area contributed by atoms with Crippen molar-refractivity contribution in [2.24, 2.45) is 0 Å². The Morgan fingerprint density at radius 2 is 1.11 bits per heavy atom. The van der Waals surface area contributed by atoms with Crippen molar-refractivity contribution in [3.8, 4) is 0 Å². The van der Waals surface area contributed by atoms with Crippen LogP contribution < -0.4 is 5.32 Å². The number of Topliss-reactive ketones (excluding diaryl/α,β-unsaturated/α-hetero) is 1. The molecule has 0 aliphatic heterocycles. The van der Waals surface area contributed by atoms with Gasteiger partial charge in [0.05, 0.1) is 52.5 Å². The van der Waals surface area contributed by atoms with Crippen LogP contribution in [-0.4, -0.2) is 151 Å². The molecule has 0 aromatic heterocycles. The maximum Gasteiger partial charge on any atom is 0.317 e. The van der Waals surface area contributed by atoms with Gasteiger partial charge in [0, 0.05) is 39.3 Å². The van der Waals surface area contributed by atoms with Gasteiger partial charge in [-0.05, 0) is 13.8 Å². The lowest BCUT2D eigenvalue weighted by atomic mass is 10.3. The van der Waals surface area contributed by atoms with Crippen LogP contribution in [-0.2, 0) is 33.4 Å². The standard InChI is InChI=1S/C21H38N4O10/c1-3-34-10-11-35-9-4-22-18(27)13-23(5-7-24(12-17(2)26)14-19(28)29)6-8-25(15-20(30)31)16-21(32)33/h3-16H2,1-2H3,(H,22,27)(H,28,29)(H,30,31)(H,32,33). The van der Waals surface area contributed by atoms with Gasteiger partial charge >= 0.3 is 17.9 Å². The van der Waals surface area contributed by atoms with E-state index in [4.69, 9.17) is 24.8 Å². The summed E-state index contributed by atoms with van der Waals surface area (Å²) in [5, 5.41) is 29.8. The summed E-state index contributed by atoms with van der Waals surface area (Å²) in [6, 6.07) is 0. The van der Waals surface area contributed by atoms with Crippen molar-refractivity contribution in [2.75, 3.05) is 91.9 Å². The molecule has 0 fully saturated rings. The maximum atomic E-state index is 12.4. The number of hydrogen-bond acceptors (Lipinski definition) is 10. The van der Waals surface area contributed by atoms with E-state index in [1.807, 2.05) is 6.92 Å². The number of ketones is 1. The first-order valence-corrected chi connectivity index (χ1v) is 11.3. The van der Waals surface area contributed by atoms with E-state index in [1.54, 1.807) is 4.90 Å². The topological polar surface area (TPSA) is 186 Å². The average molecular weight is 507 g/mol. The second-order valence-electron chi connectivity index (χ2n) is 7.74. The first kappa shape index (κ1) is 32.4. The molecule has 0 spiro atoms. The molecule has 0 heterocycles. The number of carboxylic acids is 3. The molecule has 0 aliphatic carbocycles. The van der Waals surface area contributed by atoms with Crippen molar-refractivity contribution in [3.63, 3.8) is 0 Å². The number of ether oxygens (including phenoxy) is 2. The van der Waals surface area contributed by atoms with Crippen molar-refractivity contribution in [1.29, 1.82) is 0 Å². The van der Waals surface area contributed by atoms with E-state index in [9.17, 15) is 24.0 Å². The number of aliphatic carboxylic acids is 3. The fraction of sp³-hybridized carbons (Fsp3) is 0.762. The van der Waals surface area contributed by atoms with Gasteiger partial charge in [0.15, 0.2) is 0 Å². The molecule has 14 nitrogen and oxygen atoms in total. The van der Waals surface area contributed by atoms with E-state index in [0.717, 1.165) is 0 Å². The number of hydrogen-bond donors (Lipinski definition) is 4. The molecule has 202 valence electrons. The number of amides is 1. The lowest BCUT2D eigenvalue weighted by molar-refractivity contribution is -0.142. The Morgan fingerprint density at radius 1 is 0.657 bits per heavy atom. The minimum Gasteiger partial charge on any atom is -0.480 e. The Kier molecular flexibility index (Phi) is 18.1. The number of nitrogens with zero attached hydrogens (tertiary/aromatic N) is 3. The van der Waals surface area contributed by atoms with E-state index in [2.05, 4.69) is 5.32 Å². The van der Waals surface area contributed by atoms with Crippen molar-refractivity contribution < 1.29 is 48.8 Å². The van der Waals surface area contributed by atoms with Crippen LogP contribution in [0.4, 0.5) is 0 Å². The van der Waals surface area contributed by atoms with E-state index >= 15 is 0 Å². The normalized spacial score (nSPS) is 11.2. The summed E-state index contributed by atoms with van der Waals surface area (Å²) in [6.45, 7) is 4.27. The first-order valence-electron chi connectivity index (χ1n) is 11.3. The highest BCUT2D eigenvalue weighted by atomic mass is 16.5. The van der Waals surface area contributed by atoms with Gasteiger partial charge in [-0.25, -0.2) is 0 Å². The minimum atomic E-state index is -1.19. The highest BCUT2D eigenvalue weighted by Crippen LogP contribution is 1.97. The van der Waals surface area contributed by atoms with Crippen LogP contribution in [0.25, 0.3) is 0 Å². The van der Waals surface area contributed by atoms with Gasteiger partial charge in [-0.3, -0.25) is 38.7 Å². The molecule has 1 amide bonds. The van der Waals surface area contributed by atoms with Crippen LogP contribution in [0.2, 0.25) is 0 Å². The van der Waals surface area contributed by atoms with E-state index in [1.165, 1.54) is 16.7 Å². The second-order valence-corrected chi connectivity index (χ2v) is 7.74. The molecular formula is C21H38N4O10. The first-order chi connectivity index (χ1) is 16.5. The SMILES string of the molecule is CCOCCOCCNC(=O)CN(CCN(CC(C)=O)CC(=O)O)CCN(CC(=O)O)CC(=O)O. The number of rotatable bonds is 23. The molecule has 0 bridgehead atoms. The fourth-order valence-electron chi connectivity index (χ4n) is 3.04. The van der Waals surface area contributed by atoms with Crippen molar-refractivity contribution in [1.82, 2.24) is 20.0 Å². The van der Waals surface area contributed by atoms with Crippen LogP contribution in [0.1, 0.15) is 13.8 Å². The predicted octanol–water partition coefficient (Wildman–Crippen LogP) is -2.10. The number of carbonyl (C=O) groups excluding carboxylic acids is 2. The Morgan fingerprint density at radius 3 is 1.57 bits per heavy atom. The maximum absolute atomic E-state index is 12.4. The molecule has 0 aromatic rings. The fourth-order valence-corrected chi connectivity index (χ4v) is 3.04. The van der Waals surface area contributed by atoms with Gasteiger partial charge in [0.2, 0.25) is 5.91 Å². The Labute approximate surface area is 204 Å². The predicted molar refractivity (Wildman–Crippen MR) is 123 cm³/mol. The zero-order chi connectivity index (χ0) is 26.6. The third kappa shape index (κ3) is 20.4. The van der Waals surface area contributed by atoms with Crippen LogP contribution in [0.5, 0.6) is 0 Å². The summed E-state index contributed by atoms with van der Waals surface area (Å²) in [7, 11) is 0. The van der Waals surface area contributed by atoms with Gasteiger partial charge < -0.3 is 30.1 Å². The summed E-state index contributed by atoms with van der Waals surface area (Å²) >= 11 is 0. The summed E-state index contributed by atoms with van der Waals surface area (Å²) in [5.41, 5.74) is 0. The summed E-state index contributed by atoms with van der Waals surface area (Å²) in [5.74, 6) is -4.02. The van der Waals surface area contributed by atoms with Crippen molar-refractivity contribution in [2.45, 2.75) is 13.8 Å². The van der Waals surface area contributed by atoms with Gasteiger partial charge in [-0.15, -0.1) is 0 Å². The summed E-state index contributed by atoms with van der Waals surface area (Å²) < 4.78 is 10.5. The van der Waals surface area contributed by atoms with E-state index < -0.39 is 31.0 Å². The van der Waals surface area contributed by atoms with E-state index in [0.29, 0.717) is 19.8 Å². The number of carbonyl (C=O) groups is 5. The Hall–Kier alpha value is -2.65. The highest BCUT2D eigenvalue weighted by Gasteiger charge is 2.19. The zero-order valence-corrected chi connectivity index (χ0v) is 20.4. The monoisotopic (exact) mass is 506 g/mol. The molecular weight excluding hydrogens is 468 g/mol. The largest absolute Gasteiger partial charge is 0.480 e. The zero-order valence-electron chi connectivity index (χ0n) is 20.4.